The standard InChI is InChI=1S/C32H62O6Si2/c1-24(18-16-17-21-29(33)34-23-26-19-14-13-15-20-26)35-30-28(38-40(11,12)32(6,7)8)22-27(25(2)36-30)37-39(9,10)31(3,4)5/h17,21,24-28,30H,13-16,18-20,22-23H2,1-12H3/t24?,25-,27+,28+,30+/m0/s1. The summed E-state index contributed by atoms with van der Waals surface area (Å²) < 4.78 is 32.2. The van der Waals surface area contributed by atoms with Gasteiger partial charge in [0.1, 0.15) is 0 Å². The first-order valence-corrected chi connectivity index (χ1v) is 21.6. The molecular weight excluding hydrogens is 537 g/mol. The molecule has 6 nitrogen and oxygen atoms in total. The molecule has 1 aliphatic carbocycles. The Morgan fingerprint density at radius 3 is 2.02 bits per heavy atom. The highest BCUT2D eigenvalue weighted by atomic mass is 28.4. The highest BCUT2D eigenvalue weighted by molar-refractivity contribution is 6.74. The van der Waals surface area contributed by atoms with Gasteiger partial charge in [-0.1, -0.05) is 66.9 Å². The van der Waals surface area contributed by atoms with Gasteiger partial charge in [-0.2, -0.15) is 0 Å². The van der Waals surface area contributed by atoms with E-state index in [-0.39, 0.29) is 40.5 Å². The van der Waals surface area contributed by atoms with E-state index in [0.717, 1.165) is 19.3 Å². The summed E-state index contributed by atoms with van der Waals surface area (Å²) in [5.74, 6) is 0.296. The summed E-state index contributed by atoms with van der Waals surface area (Å²) >= 11 is 0. The number of hydrogen-bond donors (Lipinski definition) is 0. The maximum absolute atomic E-state index is 12.1. The van der Waals surface area contributed by atoms with Gasteiger partial charge in [0.25, 0.3) is 0 Å². The molecule has 2 rings (SSSR count). The van der Waals surface area contributed by atoms with Gasteiger partial charge < -0.3 is 23.1 Å². The highest BCUT2D eigenvalue weighted by Gasteiger charge is 2.48. The fraction of sp³-hybridized carbons (Fsp3) is 0.906. The Bertz CT molecular complexity index is 807. The van der Waals surface area contributed by atoms with E-state index in [2.05, 4.69) is 81.6 Å². The molecule has 1 aliphatic heterocycles. The second-order valence-electron chi connectivity index (χ2n) is 15.3. The van der Waals surface area contributed by atoms with Crippen LogP contribution < -0.4 is 0 Å². The van der Waals surface area contributed by atoms with Crippen LogP contribution in [0.4, 0.5) is 0 Å². The molecule has 5 atom stereocenters. The van der Waals surface area contributed by atoms with E-state index in [9.17, 15) is 4.79 Å². The first-order chi connectivity index (χ1) is 18.3. The van der Waals surface area contributed by atoms with Crippen molar-refractivity contribution in [3.8, 4) is 0 Å². The lowest BCUT2D eigenvalue weighted by Crippen LogP contribution is -2.57. The van der Waals surface area contributed by atoms with Crippen LogP contribution >= 0.6 is 0 Å². The molecule has 8 heteroatoms. The lowest BCUT2D eigenvalue weighted by atomic mass is 9.90. The van der Waals surface area contributed by atoms with Crippen molar-refractivity contribution in [3.63, 3.8) is 0 Å². The highest BCUT2D eigenvalue weighted by Crippen LogP contribution is 2.42. The molecule has 40 heavy (non-hydrogen) atoms. The van der Waals surface area contributed by atoms with Crippen molar-refractivity contribution in [1.82, 2.24) is 0 Å². The van der Waals surface area contributed by atoms with Gasteiger partial charge in [0.05, 0.1) is 31.0 Å². The van der Waals surface area contributed by atoms with Crippen LogP contribution in [0.15, 0.2) is 12.2 Å². The second kappa shape index (κ2) is 14.8. The van der Waals surface area contributed by atoms with E-state index < -0.39 is 22.9 Å². The van der Waals surface area contributed by atoms with Crippen molar-refractivity contribution in [3.05, 3.63) is 12.2 Å². The lowest BCUT2D eigenvalue weighted by molar-refractivity contribution is -0.268. The molecule has 0 N–H and O–H groups in total. The minimum atomic E-state index is -2.06. The molecule has 1 saturated heterocycles. The SMILES string of the molecule is CC(CCC=CC(=O)OCC1CCCCC1)O[C@@H]1O[C@@H](C)[C@H](O[Si](C)(C)C(C)(C)C)C[C@H]1O[Si](C)(C)C(C)(C)C. The zero-order valence-electron chi connectivity index (χ0n) is 27.9. The average Bonchev–Trinajstić information content (AvgIpc) is 2.82. The molecule has 0 spiro atoms. The first kappa shape index (κ1) is 35.7. The molecule has 1 heterocycles. The molecule has 0 aromatic carbocycles. The Balaban J connectivity index is 1.97. The molecular formula is C32H62O6Si2. The zero-order chi connectivity index (χ0) is 30.4. The predicted octanol–water partition coefficient (Wildman–Crippen LogP) is 8.77. The third kappa shape index (κ3) is 11.0. The fourth-order valence-electron chi connectivity index (χ4n) is 4.81. The van der Waals surface area contributed by atoms with Crippen LogP contribution in [-0.2, 0) is 27.9 Å². The van der Waals surface area contributed by atoms with Gasteiger partial charge in [0, 0.05) is 12.5 Å². The second-order valence-corrected chi connectivity index (χ2v) is 24.9. The van der Waals surface area contributed by atoms with Crippen molar-refractivity contribution in [2.24, 2.45) is 5.92 Å². The maximum Gasteiger partial charge on any atom is 0.330 e. The Hall–Kier alpha value is -0.516. The van der Waals surface area contributed by atoms with Gasteiger partial charge in [-0.3, -0.25) is 0 Å². The molecule has 0 aromatic heterocycles. The number of esters is 1. The molecule has 0 radical (unpaired) electrons. The third-order valence-electron chi connectivity index (χ3n) is 9.69. The van der Waals surface area contributed by atoms with Crippen LogP contribution in [0.5, 0.6) is 0 Å². The van der Waals surface area contributed by atoms with Crippen LogP contribution in [0.2, 0.25) is 36.3 Å². The van der Waals surface area contributed by atoms with Gasteiger partial charge in [-0.05, 0) is 81.7 Å². The molecule has 0 aromatic rings. The largest absolute Gasteiger partial charge is 0.462 e. The fourth-order valence-corrected chi connectivity index (χ4v) is 7.52. The number of rotatable bonds is 12. The van der Waals surface area contributed by atoms with E-state index in [1.54, 1.807) is 6.08 Å². The van der Waals surface area contributed by atoms with E-state index >= 15 is 0 Å². The van der Waals surface area contributed by atoms with Crippen LogP contribution in [0.1, 0.15) is 107 Å². The van der Waals surface area contributed by atoms with Crippen molar-refractivity contribution in [1.29, 1.82) is 0 Å². The molecule has 1 saturated carbocycles. The van der Waals surface area contributed by atoms with E-state index in [4.69, 9.17) is 23.1 Å². The summed E-state index contributed by atoms with van der Waals surface area (Å²) in [6, 6.07) is 0. The predicted molar refractivity (Wildman–Crippen MR) is 170 cm³/mol. The van der Waals surface area contributed by atoms with Crippen molar-refractivity contribution < 1.29 is 27.9 Å². The zero-order valence-corrected chi connectivity index (χ0v) is 29.9. The number of allylic oxidation sites excluding steroid dienone is 1. The monoisotopic (exact) mass is 598 g/mol. The van der Waals surface area contributed by atoms with Gasteiger partial charge in [-0.15, -0.1) is 0 Å². The minimum Gasteiger partial charge on any atom is -0.462 e. The number of ether oxygens (including phenoxy) is 3. The maximum atomic E-state index is 12.1. The number of carbonyl (C=O) groups is 1. The average molecular weight is 599 g/mol. The van der Waals surface area contributed by atoms with Crippen molar-refractivity contribution >= 4 is 22.6 Å². The molecule has 234 valence electrons. The van der Waals surface area contributed by atoms with Gasteiger partial charge in [0.15, 0.2) is 22.9 Å². The normalized spacial score (nSPS) is 26.7. The Kier molecular flexibility index (Phi) is 13.2. The topological polar surface area (TPSA) is 63.2 Å². The summed E-state index contributed by atoms with van der Waals surface area (Å²) in [7, 11) is -4.03. The summed E-state index contributed by atoms with van der Waals surface area (Å²) in [4.78, 5) is 12.1. The van der Waals surface area contributed by atoms with Crippen molar-refractivity contribution in [2.45, 2.75) is 174 Å². The lowest BCUT2D eigenvalue weighted by Gasteiger charge is -2.48. The van der Waals surface area contributed by atoms with Crippen LogP contribution in [-0.4, -0.2) is 59.9 Å². The number of carbonyl (C=O) groups excluding carboxylic acids is 1. The van der Waals surface area contributed by atoms with Crippen LogP contribution in [0.25, 0.3) is 0 Å². The number of hydrogen-bond acceptors (Lipinski definition) is 6. The molecule has 0 bridgehead atoms. The van der Waals surface area contributed by atoms with Gasteiger partial charge >= 0.3 is 5.97 Å². The van der Waals surface area contributed by atoms with E-state index in [0.29, 0.717) is 12.5 Å². The van der Waals surface area contributed by atoms with Crippen LogP contribution in [0, 0.1) is 5.92 Å². The van der Waals surface area contributed by atoms with Gasteiger partial charge in [0.2, 0.25) is 0 Å². The molecule has 2 aliphatic rings. The summed E-state index contributed by atoms with van der Waals surface area (Å²) in [6.07, 6.45) is 11.2. The summed E-state index contributed by atoms with van der Waals surface area (Å²) in [5, 5.41) is 0.207. The summed E-state index contributed by atoms with van der Waals surface area (Å²) in [6.45, 7) is 27.5. The quantitative estimate of drug-likeness (QED) is 0.127. The molecule has 0 amide bonds. The molecule has 1 unspecified atom stereocenters. The third-order valence-corrected chi connectivity index (χ3v) is 18.7. The van der Waals surface area contributed by atoms with E-state index in [1.807, 2.05) is 6.08 Å². The summed E-state index contributed by atoms with van der Waals surface area (Å²) in [5.41, 5.74) is 0. The Morgan fingerprint density at radius 1 is 0.925 bits per heavy atom. The van der Waals surface area contributed by atoms with Crippen LogP contribution in [0.3, 0.4) is 0 Å². The van der Waals surface area contributed by atoms with Gasteiger partial charge in [-0.25, -0.2) is 4.79 Å². The smallest absolute Gasteiger partial charge is 0.330 e. The Morgan fingerprint density at radius 2 is 1.48 bits per heavy atom. The first-order valence-electron chi connectivity index (χ1n) is 15.8. The molecule has 2 fully saturated rings. The van der Waals surface area contributed by atoms with Crippen molar-refractivity contribution in [2.75, 3.05) is 6.61 Å². The Labute approximate surface area is 248 Å². The minimum absolute atomic E-state index is 0.0200. The van der Waals surface area contributed by atoms with E-state index in [1.165, 1.54) is 32.1 Å².